The zero-order valence-corrected chi connectivity index (χ0v) is 15.0. The van der Waals surface area contributed by atoms with Crippen LogP contribution in [0, 0.1) is 6.92 Å². The summed E-state index contributed by atoms with van der Waals surface area (Å²) in [4.78, 5) is 24.2. The number of aromatic nitrogens is 3. The Hall–Kier alpha value is -2.74. The number of hydrogen-bond acceptors (Lipinski definition) is 6. The average Bonchev–Trinajstić information content (AvgIpc) is 3.05. The smallest absolute Gasteiger partial charge is 0.338 e. The Labute approximate surface area is 151 Å². The van der Waals surface area contributed by atoms with Crippen molar-refractivity contribution in [3.63, 3.8) is 0 Å². The summed E-state index contributed by atoms with van der Waals surface area (Å²) < 4.78 is 6.79. The number of anilines is 1. The van der Waals surface area contributed by atoms with Gasteiger partial charge in [0.25, 0.3) is 5.91 Å². The highest BCUT2D eigenvalue weighted by Gasteiger charge is 2.23. The first-order valence-electron chi connectivity index (χ1n) is 8.81. The Morgan fingerprint density at radius 3 is 2.62 bits per heavy atom. The molecule has 0 radical (unpaired) electrons. The zero-order chi connectivity index (χ0) is 18.5. The number of nitrogens with one attached hydrogen (secondary N) is 2. The summed E-state index contributed by atoms with van der Waals surface area (Å²) in [6, 6.07) is 6.83. The number of amides is 1. The van der Waals surface area contributed by atoms with Gasteiger partial charge in [-0.3, -0.25) is 4.79 Å². The van der Waals surface area contributed by atoms with Gasteiger partial charge in [0.1, 0.15) is 0 Å². The van der Waals surface area contributed by atoms with Crippen molar-refractivity contribution in [1.29, 1.82) is 0 Å². The van der Waals surface area contributed by atoms with Crippen LogP contribution >= 0.6 is 0 Å². The number of nitrogens with zero attached hydrogens (tertiary/aromatic N) is 3. The molecule has 2 heterocycles. The van der Waals surface area contributed by atoms with Crippen molar-refractivity contribution in [1.82, 2.24) is 20.3 Å². The Morgan fingerprint density at radius 2 is 1.96 bits per heavy atom. The van der Waals surface area contributed by atoms with E-state index in [-0.39, 0.29) is 17.9 Å². The third-order valence-electron chi connectivity index (χ3n) is 4.45. The number of carbonyl (C=O) groups is 2. The fraction of sp³-hybridized carbons (Fsp3) is 0.444. The van der Waals surface area contributed by atoms with E-state index >= 15 is 0 Å². The molecule has 3 rings (SSSR count). The lowest BCUT2D eigenvalue weighted by molar-refractivity contribution is 0.0526. The van der Waals surface area contributed by atoms with Crippen LogP contribution in [0.1, 0.15) is 52.3 Å². The van der Waals surface area contributed by atoms with Gasteiger partial charge in [-0.15, -0.1) is 5.10 Å². The third-order valence-corrected chi connectivity index (χ3v) is 4.45. The van der Waals surface area contributed by atoms with E-state index < -0.39 is 0 Å². The molecule has 26 heavy (non-hydrogen) atoms. The first-order chi connectivity index (χ1) is 12.6. The number of ether oxygens (including phenoxy) is 1. The normalized spacial score (nSPS) is 14.8. The highest BCUT2D eigenvalue weighted by Crippen LogP contribution is 2.21. The van der Waals surface area contributed by atoms with Crippen molar-refractivity contribution in [2.75, 3.05) is 25.0 Å². The molecule has 0 atom stereocenters. The van der Waals surface area contributed by atoms with Gasteiger partial charge in [-0.2, -0.15) is 0 Å². The largest absolute Gasteiger partial charge is 0.462 e. The van der Waals surface area contributed by atoms with Crippen LogP contribution in [0.4, 0.5) is 5.69 Å². The third kappa shape index (κ3) is 3.91. The minimum absolute atomic E-state index is 0.272. The van der Waals surface area contributed by atoms with E-state index in [1.807, 2.05) is 11.6 Å². The number of carbonyl (C=O) groups excluding carboxylic acids is 2. The molecule has 1 fully saturated rings. The molecule has 2 N–H and O–H groups in total. The minimum Gasteiger partial charge on any atom is -0.462 e. The first-order valence-corrected chi connectivity index (χ1v) is 8.81. The van der Waals surface area contributed by atoms with Crippen molar-refractivity contribution >= 4 is 17.6 Å². The van der Waals surface area contributed by atoms with Crippen molar-refractivity contribution in [3.8, 4) is 0 Å². The van der Waals surface area contributed by atoms with E-state index in [9.17, 15) is 9.59 Å². The highest BCUT2D eigenvalue weighted by atomic mass is 16.5. The van der Waals surface area contributed by atoms with Gasteiger partial charge in [0.05, 0.1) is 23.9 Å². The molecule has 1 aliphatic rings. The van der Waals surface area contributed by atoms with Crippen LogP contribution in [0.3, 0.4) is 0 Å². The molecule has 0 bridgehead atoms. The standard InChI is InChI=1S/C18H23N5O3/c1-3-26-18(25)13-4-6-14(7-5-13)20-17(24)16-12(2)23(22-21-16)15-8-10-19-11-9-15/h4-7,15,19H,3,8-11H2,1-2H3,(H,20,24). The number of rotatable bonds is 5. The van der Waals surface area contributed by atoms with Crippen LogP contribution in [-0.2, 0) is 4.74 Å². The van der Waals surface area contributed by atoms with E-state index in [1.165, 1.54) is 0 Å². The minimum atomic E-state index is -0.383. The summed E-state index contributed by atoms with van der Waals surface area (Å²) in [5.74, 6) is -0.697. The average molecular weight is 357 g/mol. The highest BCUT2D eigenvalue weighted by molar-refractivity contribution is 6.03. The number of hydrogen-bond donors (Lipinski definition) is 2. The van der Waals surface area contributed by atoms with Crippen LogP contribution < -0.4 is 10.6 Å². The van der Waals surface area contributed by atoms with E-state index in [0.717, 1.165) is 31.6 Å². The monoisotopic (exact) mass is 357 g/mol. The van der Waals surface area contributed by atoms with Crippen LogP contribution in [0.25, 0.3) is 0 Å². The maximum atomic E-state index is 12.5. The molecule has 1 aromatic heterocycles. The quantitative estimate of drug-likeness (QED) is 0.794. The predicted molar refractivity (Wildman–Crippen MR) is 96.3 cm³/mol. The molecular formula is C18H23N5O3. The second-order valence-electron chi connectivity index (χ2n) is 6.20. The summed E-state index contributed by atoms with van der Waals surface area (Å²) >= 11 is 0. The maximum Gasteiger partial charge on any atom is 0.338 e. The van der Waals surface area contributed by atoms with Gasteiger partial charge in [0, 0.05) is 5.69 Å². The van der Waals surface area contributed by atoms with Crippen molar-refractivity contribution in [2.24, 2.45) is 0 Å². The van der Waals surface area contributed by atoms with Gasteiger partial charge in [-0.25, -0.2) is 9.48 Å². The molecule has 0 unspecified atom stereocenters. The van der Waals surface area contributed by atoms with Crippen molar-refractivity contribution in [2.45, 2.75) is 32.7 Å². The van der Waals surface area contributed by atoms with Gasteiger partial charge in [-0.1, -0.05) is 5.21 Å². The molecule has 1 aliphatic heterocycles. The molecule has 138 valence electrons. The molecule has 2 aromatic rings. The summed E-state index contributed by atoms with van der Waals surface area (Å²) in [7, 11) is 0. The fourth-order valence-electron chi connectivity index (χ4n) is 3.04. The second kappa shape index (κ2) is 8.09. The van der Waals surface area contributed by atoms with Gasteiger partial charge >= 0.3 is 5.97 Å². The Kier molecular flexibility index (Phi) is 5.62. The van der Waals surface area contributed by atoms with Crippen LogP contribution in [0.15, 0.2) is 24.3 Å². The first kappa shape index (κ1) is 18.1. The zero-order valence-electron chi connectivity index (χ0n) is 15.0. The fourth-order valence-corrected chi connectivity index (χ4v) is 3.04. The maximum absolute atomic E-state index is 12.5. The van der Waals surface area contributed by atoms with E-state index in [0.29, 0.717) is 23.6 Å². The van der Waals surface area contributed by atoms with Crippen molar-refractivity contribution in [3.05, 3.63) is 41.2 Å². The summed E-state index contributed by atoms with van der Waals surface area (Å²) in [5.41, 5.74) is 2.10. The van der Waals surface area contributed by atoms with Crippen LogP contribution in [0.5, 0.6) is 0 Å². The summed E-state index contributed by atoms with van der Waals surface area (Å²) in [6.45, 7) is 5.83. The number of benzene rings is 1. The SMILES string of the molecule is CCOC(=O)c1ccc(NC(=O)c2nnn(C3CCNCC3)c2C)cc1. The molecule has 0 spiro atoms. The predicted octanol–water partition coefficient (Wildman–Crippen LogP) is 1.94. The lowest BCUT2D eigenvalue weighted by Crippen LogP contribution is -2.30. The topological polar surface area (TPSA) is 98.1 Å². The molecule has 8 nitrogen and oxygen atoms in total. The number of esters is 1. The van der Waals surface area contributed by atoms with Gasteiger partial charge < -0.3 is 15.4 Å². The lowest BCUT2D eigenvalue weighted by atomic mass is 10.1. The van der Waals surface area contributed by atoms with E-state index in [1.54, 1.807) is 31.2 Å². The Bertz CT molecular complexity index is 779. The van der Waals surface area contributed by atoms with Gasteiger partial charge in [-0.05, 0) is 64.0 Å². The molecule has 1 amide bonds. The van der Waals surface area contributed by atoms with Gasteiger partial charge in [0.15, 0.2) is 5.69 Å². The Morgan fingerprint density at radius 1 is 1.27 bits per heavy atom. The summed E-state index contributed by atoms with van der Waals surface area (Å²) in [5, 5.41) is 14.3. The molecule has 1 aromatic carbocycles. The van der Waals surface area contributed by atoms with Crippen LogP contribution in [0.2, 0.25) is 0 Å². The molecule has 0 saturated carbocycles. The summed E-state index contributed by atoms with van der Waals surface area (Å²) in [6.07, 6.45) is 1.95. The molecule has 8 heteroatoms. The van der Waals surface area contributed by atoms with Gasteiger partial charge in [0.2, 0.25) is 0 Å². The number of piperidine rings is 1. The lowest BCUT2D eigenvalue weighted by Gasteiger charge is -2.23. The molecule has 1 saturated heterocycles. The van der Waals surface area contributed by atoms with Crippen LogP contribution in [-0.4, -0.2) is 46.6 Å². The van der Waals surface area contributed by atoms with E-state index in [4.69, 9.17) is 4.74 Å². The van der Waals surface area contributed by atoms with E-state index in [2.05, 4.69) is 20.9 Å². The molecular weight excluding hydrogens is 334 g/mol. The second-order valence-corrected chi connectivity index (χ2v) is 6.20. The molecule has 0 aliphatic carbocycles. The Balaban J connectivity index is 1.68. The van der Waals surface area contributed by atoms with Crippen molar-refractivity contribution < 1.29 is 14.3 Å².